The molecule has 3 aliphatic carbocycles. The molecule has 2 bridgehead atoms. The number of anilines is 3. The molecule has 8 heteroatoms. The van der Waals surface area contributed by atoms with Crippen LogP contribution in [0.3, 0.4) is 0 Å². The lowest BCUT2D eigenvalue weighted by Gasteiger charge is -2.66. The third-order valence-electron chi connectivity index (χ3n) is 5.99. The molecule has 6 rings (SSSR count). The van der Waals surface area contributed by atoms with E-state index in [1.54, 1.807) is 11.6 Å². The molecular formula is C22H19N7S. The Morgan fingerprint density at radius 1 is 1.13 bits per heavy atom. The van der Waals surface area contributed by atoms with Gasteiger partial charge in [-0.1, -0.05) is 0 Å². The van der Waals surface area contributed by atoms with Crippen LogP contribution in [0.25, 0.3) is 16.4 Å². The molecule has 0 aliphatic heterocycles. The summed E-state index contributed by atoms with van der Waals surface area (Å²) in [5.74, 6) is 1.24. The fourth-order valence-corrected chi connectivity index (χ4v) is 5.38. The van der Waals surface area contributed by atoms with Crippen molar-refractivity contribution in [2.45, 2.75) is 38.6 Å². The number of aromatic nitrogens is 3. The first-order chi connectivity index (χ1) is 14.4. The number of rotatable bonds is 5. The summed E-state index contributed by atoms with van der Waals surface area (Å²) in [7, 11) is 0. The maximum atomic E-state index is 9.26. The summed E-state index contributed by atoms with van der Waals surface area (Å²) in [5, 5.41) is 25.0. The molecule has 2 N–H and O–H groups in total. The minimum atomic E-state index is -0.126. The normalized spacial score (nSPS) is 24.0. The molecule has 0 spiro atoms. The molecule has 0 unspecified atom stereocenters. The van der Waals surface area contributed by atoms with Crippen LogP contribution in [0.15, 0.2) is 23.7 Å². The SMILES string of the molecule is Cc1cc(/C=C/C#N)cc(C)c1Nc1nc(NC23CC(C#N)(C2)C3)nc2scnc12. The van der Waals surface area contributed by atoms with Gasteiger partial charge in [-0.3, -0.25) is 0 Å². The largest absolute Gasteiger partial charge is 0.349 e. The minimum absolute atomic E-state index is 0.0358. The molecule has 148 valence electrons. The summed E-state index contributed by atoms with van der Waals surface area (Å²) in [6.45, 7) is 4.06. The number of aryl methyl sites for hydroxylation is 2. The van der Waals surface area contributed by atoms with Crippen molar-refractivity contribution in [1.82, 2.24) is 15.0 Å². The Hall–Kier alpha value is -3.49. The van der Waals surface area contributed by atoms with Crippen LogP contribution in [0.5, 0.6) is 0 Å². The maximum Gasteiger partial charge on any atom is 0.226 e. The number of nitriles is 2. The molecule has 30 heavy (non-hydrogen) atoms. The predicted molar refractivity (Wildman–Crippen MR) is 117 cm³/mol. The molecule has 2 heterocycles. The zero-order chi connectivity index (χ0) is 20.9. The molecule has 0 radical (unpaired) electrons. The zero-order valence-electron chi connectivity index (χ0n) is 16.7. The number of thiazole rings is 1. The average molecular weight is 414 g/mol. The van der Waals surface area contributed by atoms with Crippen molar-refractivity contribution < 1.29 is 0 Å². The van der Waals surface area contributed by atoms with Gasteiger partial charge in [0.1, 0.15) is 5.52 Å². The summed E-state index contributed by atoms with van der Waals surface area (Å²) in [6.07, 6.45) is 5.86. The maximum absolute atomic E-state index is 9.26. The summed E-state index contributed by atoms with van der Waals surface area (Å²) < 4.78 is 0. The number of nitrogens with one attached hydrogen (secondary N) is 2. The van der Waals surface area contributed by atoms with E-state index in [0.717, 1.165) is 52.0 Å². The molecule has 0 atom stereocenters. The Balaban J connectivity index is 1.46. The van der Waals surface area contributed by atoms with Gasteiger partial charge in [-0.2, -0.15) is 15.5 Å². The van der Waals surface area contributed by atoms with Gasteiger partial charge in [0.05, 0.1) is 23.1 Å². The van der Waals surface area contributed by atoms with E-state index in [4.69, 9.17) is 10.2 Å². The lowest BCUT2D eigenvalue weighted by atomic mass is 9.40. The van der Waals surface area contributed by atoms with E-state index in [9.17, 15) is 5.26 Å². The van der Waals surface area contributed by atoms with Crippen LogP contribution >= 0.6 is 11.3 Å². The van der Waals surface area contributed by atoms with Crippen molar-refractivity contribution in [3.05, 3.63) is 40.4 Å². The van der Waals surface area contributed by atoms with Crippen LogP contribution in [0, 0.1) is 41.9 Å². The van der Waals surface area contributed by atoms with Gasteiger partial charge >= 0.3 is 0 Å². The number of hydrogen-bond acceptors (Lipinski definition) is 8. The first kappa shape index (κ1) is 18.5. The first-order valence-electron chi connectivity index (χ1n) is 9.70. The molecule has 0 saturated heterocycles. The molecule has 3 fully saturated rings. The van der Waals surface area contributed by atoms with E-state index >= 15 is 0 Å². The highest BCUT2D eigenvalue weighted by Gasteiger charge is 2.69. The Labute approximate surface area is 178 Å². The van der Waals surface area contributed by atoms with Crippen LogP contribution in [0.4, 0.5) is 17.5 Å². The van der Waals surface area contributed by atoms with Crippen LogP contribution in [-0.4, -0.2) is 20.5 Å². The smallest absolute Gasteiger partial charge is 0.226 e. The zero-order valence-corrected chi connectivity index (χ0v) is 17.5. The first-order valence-corrected chi connectivity index (χ1v) is 10.6. The molecule has 2 aromatic heterocycles. The lowest BCUT2D eigenvalue weighted by molar-refractivity contribution is -0.0664. The molecule has 3 aromatic rings. The second-order valence-corrected chi connectivity index (χ2v) is 9.18. The molecule has 7 nitrogen and oxygen atoms in total. The summed E-state index contributed by atoms with van der Waals surface area (Å²) in [4.78, 5) is 14.6. The second-order valence-electron chi connectivity index (χ2n) is 8.35. The van der Waals surface area contributed by atoms with Crippen molar-refractivity contribution in [2.24, 2.45) is 5.41 Å². The van der Waals surface area contributed by atoms with E-state index in [1.165, 1.54) is 17.4 Å². The average Bonchev–Trinajstić information content (AvgIpc) is 3.13. The third kappa shape index (κ3) is 2.89. The van der Waals surface area contributed by atoms with Gasteiger partial charge in [0.25, 0.3) is 0 Å². The van der Waals surface area contributed by atoms with Crippen LogP contribution < -0.4 is 10.6 Å². The van der Waals surface area contributed by atoms with Gasteiger partial charge < -0.3 is 10.6 Å². The highest BCUT2D eigenvalue weighted by atomic mass is 32.1. The van der Waals surface area contributed by atoms with Gasteiger partial charge in [0, 0.05) is 17.3 Å². The second kappa shape index (κ2) is 6.51. The molecule has 0 amide bonds. The number of fused-ring (bicyclic) bond motifs is 1. The Morgan fingerprint density at radius 2 is 1.87 bits per heavy atom. The minimum Gasteiger partial charge on any atom is -0.349 e. The van der Waals surface area contributed by atoms with Crippen molar-refractivity contribution in [3.63, 3.8) is 0 Å². The topological polar surface area (TPSA) is 110 Å². The fraction of sp³-hybridized carbons (Fsp3) is 0.318. The number of benzene rings is 1. The Bertz CT molecular complexity index is 1250. The molecule has 1 aromatic carbocycles. The quantitative estimate of drug-likeness (QED) is 0.576. The van der Waals surface area contributed by atoms with Gasteiger partial charge in [0.2, 0.25) is 5.95 Å². The summed E-state index contributed by atoms with van der Waals surface area (Å²) in [5.41, 5.74) is 6.41. The van der Waals surface area contributed by atoms with Gasteiger partial charge in [-0.25, -0.2) is 9.97 Å². The standard InChI is InChI=1S/C22H19N7S/c1-13-6-15(4-3-5-23)7-14(2)16(13)26-18-17-19(30-12-25-17)28-20(27-18)29-22-8-21(9-22,10-22)11-24/h3-4,6-7,12H,8-10H2,1-2H3,(H2,26,27,28,29)/b4-3+. The number of nitrogens with zero attached hydrogens (tertiary/aromatic N) is 5. The van der Waals surface area contributed by atoms with E-state index in [1.807, 2.05) is 32.0 Å². The Morgan fingerprint density at radius 3 is 2.53 bits per heavy atom. The molecular weight excluding hydrogens is 394 g/mol. The van der Waals surface area contributed by atoms with Crippen LogP contribution in [-0.2, 0) is 0 Å². The Kier molecular flexibility index (Phi) is 4.02. The summed E-state index contributed by atoms with van der Waals surface area (Å²) in [6, 6.07) is 8.52. The molecule has 3 aliphatic rings. The predicted octanol–water partition coefficient (Wildman–Crippen LogP) is 4.84. The van der Waals surface area contributed by atoms with E-state index in [0.29, 0.717) is 11.8 Å². The summed E-state index contributed by atoms with van der Waals surface area (Å²) >= 11 is 1.48. The number of hydrogen-bond donors (Lipinski definition) is 2. The lowest BCUT2D eigenvalue weighted by Crippen LogP contribution is -2.70. The van der Waals surface area contributed by atoms with Crippen LogP contribution in [0.2, 0.25) is 0 Å². The third-order valence-corrected chi connectivity index (χ3v) is 6.71. The molecule has 3 saturated carbocycles. The fourth-order valence-electron chi connectivity index (χ4n) is 4.72. The van der Waals surface area contributed by atoms with Crippen molar-refractivity contribution in [3.8, 4) is 12.1 Å². The van der Waals surface area contributed by atoms with Gasteiger partial charge in [0.15, 0.2) is 10.6 Å². The monoisotopic (exact) mass is 413 g/mol. The van der Waals surface area contributed by atoms with Crippen molar-refractivity contribution >= 4 is 45.2 Å². The van der Waals surface area contributed by atoms with Crippen LogP contribution in [0.1, 0.15) is 36.0 Å². The van der Waals surface area contributed by atoms with Gasteiger partial charge in [-0.05, 0) is 68.0 Å². The van der Waals surface area contributed by atoms with E-state index in [-0.39, 0.29) is 11.0 Å². The van der Waals surface area contributed by atoms with Crippen molar-refractivity contribution in [2.75, 3.05) is 10.6 Å². The van der Waals surface area contributed by atoms with E-state index in [2.05, 4.69) is 26.7 Å². The van der Waals surface area contributed by atoms with E-state index < -0.39 is 0 Å². The highest BCUT2D eigenvalue weighted by molar-refractivity contribution is 7.16. The van der Waals surface area contributed by atoms with Crippen molar-refractivity contribution in [1.29, 1.82) is 10.5 Å². The number of allylic oxidation sites excluding steroid dienone is 1. The van der Waals surface area contributed by atoms with Gasteiger partial charge in [-0.15, -0.1) is 11.3 Å². The highest BCUT2D eigenvalue weighted by Crippen LogP contribution is 2.67.